The van der Waals surface area contributed by atoms with Crippen molar-refractivity contribution in [1.29, 1.82) is 0 Å². The van der Waals surface area contributed by atoms with Gasteiger partial charge < -0.3 is 14.4 Å². The van der Waals surface area contributed by atoms with Crippen LogP contribution < -0.4 is 14.4 Å². The van der Waals surface area contributed by atoms with Crippen LogP contribution in [0.15, 0.2) is 42.5 Å². The van der Waals surface area contributed by atoms with Gasteiger partial charge in [0.1, 0.15) is 11.5 Å². The van der Waals surface area contributed by atoms with Gasteiger partial charge in [0.25, 0.3) is 5.91 Å². The Kier molecular flexibility index (Phi) is 7.06. The molecule has 154 valence electrons. The molecule has 0 saturated carbocycles. The number of fused-ring (bicyclic) bond motifs is 1. The molecule has 0 unspecified atom stereocenters. The van der Waals surface area contributed by atoms with E-state index < -0.39 is 0 Å². The number of methoxy groups -OCH3 is 2. The first-order valence-corrected chi connectivity index (χ1v) is 10.5. The first-order chi connectivity index (χ1) is 14.1. The first kappa shape index (κ1) is 21.1. The summed E-state index contributed by atoms with van der Waals surface area (Å²) in [5.74, 6) is 1.42. The van der Waals surface area contributed by atoms with Crippen LogP contribution in [0.3, 0.4) is 0 Å². The predicted octanol–water partition coefficient (Wildman–Crippen LogP) is 4.30. The van der Waals surface area contributed by atoms with Gasteiger partial charge in [-0.05, 0) is 49.5 Å². The summed E-state index contributed by atoms with van der Waals surface area (Å²) >= 11 is 1.52. The van der Waals surface area contributed by atoms with Gasteiger partial charge in [-0.3, -0.25) is 9.69 Å². The van der Waals surface area contributed by atoms with Gasteiger partial charge in [-0.25, -0.2) is 4.98 Å². The number of hydrogen-bond donors (Lipinski definition) is 0. The van der Waals surface area contributed by atoms with Gasteiger partial charge in [0, 0.05) is 24.7 Å². The van der Waals surface area contributed by atoms with Crippen molar-refractivity contribution >= 4 is 32.6 Å². The molecule has 0 aliphatic heterocycles. The topological polar surface area (TPSA) is 54.9 Å². The van der Waals surface area contributed by atoms with Crippen molar-refractivity contribution in [1.82, 2.24) is 9.88 Å². The van der Waals surface area contributed by atoms with E-state index in [1.807, 2.05) is 18.2 Å². The van der Waals surface area contributed by atoms with Gasteiger partial charge in [-0.2, -0.15) is 0 Å². The second-order valence-electron chi connectivity index (χ2n) is 6.54. The summed E-state index contributed by atoms with van der Waals surface area (Å²) in [5, 5.41) is 0.696. The van der Waals surface area contributed by atoms with Crippen LogP contribution in [-0.4, -0.2) is 56.2 Å². The number of likely N-dealkylation sites (N-methyl/N-ethyl adjacent to an activating group) is 1. The summed E-state index contributed by atoms with van der Waals surface area (Å²) in [4.78, 5) is 22.1. The number of carbonyl (C=O) groups is 1. The van der Waals surface area contributed by atoms with Crippen LogP contribution in [0.5, 0.6) is 11.5 Å². The largest absolute Gasteiger partial charge is 0.497 e. The number of ether oxygens (including phenoxy) is 2. The standard InChI is InChI=1S/C22H27N3O3S/c1-5-24(6-2)13-14-25(21(26)16-7-9-17(27-3)10-8-16)22-23-19-15-18(28-4)11-12-20(19)29-22/h7-12,15H,5-6,13-14H2,1-4H3. The van der Waals surface area contributed by atoms with E-state index in [2.05, 4.69) is 18.7 Å². The van der Waals surface area contributed by atoms with Crippen LogP contribution in [-0.2, 0) is 0 Å². The molecule has 0 aliphatic rings. The van der Waals surface area contributed by atoms with Crippen molar-refractivity contribution in [3.05, 3.63) is 48.0 Å². The molecule has 0 atom stereocenters. The Morgan fingerprint density at radius 2 is 1.62 bits per heavy atom. The second-order valence-corrected chi connectivity index (χ2v) is 7.55. The summed E-state index contributed by atoms with van der Waals surface area (Å²) < 4.78 is 11.5. The Morgan fingerprint density at radius 3 is 2.24 bits per heavy atom. The van der Waals surface area contributed by atoms with Crippen molar-refractivity contribution in [2.75, 3.05) is 45.3 Å². The predicted molar refractivity (Wildman–Crippen MR) is 119 cm³/mol. The number of anilines is 1. The average molecular weight is 414 g/mol. The highest BCUT2D eigenvalue weighted by atomic mass is 32.1. The van der Waals surface area contributed by atoms with Gasteiger partial charge in [0.2, 0.25) is 0 Å². The molecule has 7 heteroatoms. The van der Waals surface area contributed by atoms with Gasteiger partial charge in [-0.15, -0.1) is 0 Å². The lowest BCUT2D eigenvalue weighted by atomic mass is 10.2. The molecule has 0 saturated heterocycles. The van der Waals surface area contributed by atoms with E-state index in [4.69, 9.17) is 14.5 Å². The maximum absolute atomic E-state index is 13.3. The summed E-state index contributed by atoms with van der Waals surface area (Å²) in [5.41, 5.74) is 1.45. The molecular formula is C22H27N3O3S. The van der Waals surface area contributed by atoms with E-state index in [1.54, 1.807) is 43.4 Å². The lowest BCUT2D eigenvalue weighted by Crippen LogP contribution is -2.38. The van der Waals surface area contributed by atoms with Gasteiger partial charge in [0.05, 0.1) is 24.4 Å². The minimum atomic E-state index is -0.0640. The second kappa shape index (κ2) is 9.71. The van der Waals surface area contributed by atoms with E-state index in [0.29, 0.717) is 17.2 Å². The Labute approximate surface area is 175 Å². The zero-order chi connectivity index (χ0) is 20.8. The fraction of sp³-hybridized carbons (Fsp3) is 0.364. The Morgan fingerprint density at radius 1 is 0.966 bits per heavy atom. The minimum absolute atomic E-state index is 0.0640. The smallest absolute Gasteiger partial charge is 0.260 e. The molecule has 0 bridgehead atoms. The normalized spacial score (nSPS) is 11.1. The summed E-state index contributed by atoms with van der Waals surface area (Å²) in [6, 6.07) is 13.0. The zero-order valence-electron chi connectivity index (χ0n) is 17.3. The molecule has 0 N–H and O–H groups in total. The molecule has 1 heterocycles. The van der Waals surface area contributed by atoms with E-state index in [9.17, 15) is 4.79 Å². The maximum Gasteiger partial charge on any atom is 0.260 e. The average Bonchev–Trinajstić information content (AvgIpc) is 3.19. The SMILES string of the molecule is CCN(CC)CCN(C(=O)c1ccc(OC)cc1)c1nc2cc(OC)ccc2s1. The molecule has 0 spiro atoms. The third-order valence-corrected chi connectivity index (χ3v) is 5.99. The van der Waals surface area contributed by atoms with Crippen molar-refractivity contribution < 1.29 is 14.3 Å². The third-order valence-electron chi connectivity index (χ3n) is 4.93. The molecule has 2 aromatic carbocycles. The van der Waals surface area contributed by atoms with Gasteiger partial charge in [0.15, 0.2) is 5.13 Å². The zero-order valence-corrected chi connectivity index (χ0v) is 18.2. The first-order valence-electron chi connectivity index (χ1n) is 9.72. The van der Waals surface area contributed by atoms with Crippen LogP contribution in [0.1, 0.15) is 24.2 Å². The highest BCUT2D eigenvalue weighted by Crippen LogP contribution is 2.32. The summed E-state index contributed by atoms with van der Waals surface area (Å²) in [6.07, 6.45) is 0. The van der Waals surface area contributed by atoms with E-state index >= 15 is 0 Å². The molecule has 0 radical (unpaired) electrons. The third kappa shape index (κ3) is 4.86. The molecule has 1 aromatic heterocycles. The number of rotatable bonds is 9. The number of aromatic nitrogens is 1. The van der Waals surface area contributed by atoms with Crippen LogP contribution in [0.25, 0.3) is 10.2 Å². The molecular weight excluding hydrogens is 386 g/mol. The molecule has 1 amide bonds. The van der Waals surface area contributed by atoms with Crippen molar-refractivity contribution in [2.45, 2.75) is 13.8 Å². The Bertz CT molecular complexity index is 952. The number of benzene rings is 2. The molecule has 0 fully saturated rings. The fourth-order valence-corrected chi connectivity index (χ4v) is 4.06. The molecule has 0 aliphatic carbocycles. The summed E-state index contributed by atoms with van der Waals surface area (Å²) in [6.45, 7) is 7.50. The van der Waals surface area contributed by atoms with Crippen LogP contribution >= 0.6 is 11.3 Å². The van der Waals surface area contributed by atoms with Crippen LogP contribution in [0.4, 0.5) is 5.13 Å². The molecule has 3 aromatic rings. The van der Waals surface area contributed by atoms with Crippen LogP contribution in [0.2, 0.25) is 0 Å². The summed E-state index contributed by atoms with van der Waals surface area (Å²) in [7, 11) is 3.25. The quantitative estimate of drug-likeness (QED) is 0.523. The van der Waals surface area contributed by atoms with Crippen molar-refractivity contribution in [2.24, 2.45) is 0 Å². The maximum atomic E-state index is 13.3. The number of amides is 1. The van der Waals surface area contributed by atoms with Crippen molar-refractivity contribution in [3.8, 4) is 11.5 Å². The lowest BCUT2D eigenvalue weighted by Gasteiger charge is -2.24. The lowest BCUT2D eigenvalue weighted by molar-refractivity contribution is 0.0983. The molecule has 6 nitrogen and oxygen atoms in total. The van der Waals surface area contributed by atoms with E-state index in [1.165, 1.54) is 11.3 Å². The minimum Gasteiger partial charge on any atom is -0.497 e. The number of hydrogen-bond acceptors (Lipinski definition) is 6. The number of nitrogens with zero attached hydrogens (tertiary/aromatic N) is 3. The van der Waals surface area contributed by atoms with Crippen molar-refractivity contribution in [3.63, 3.8) is 0 Å². The highest BCUT2D eigenvalue weighted by molar-refractivity contribution is 7.22. The van der Waals surface area contributed by atoms with E-state index in [-0.39, 0.29) is 5.91 Å². The number of thiazole rings is 1. The number of carbonyl (C=O) groups excluding carboxylic acids is 1. The Hall–Kier alpha value is -2.64. The fourth-order valence-electron chi connectivity index (χ4n) is 3.09. The van der Waals surface area contributed by atoms with Crippen LogP contribution in [0, 0.1) is 0 Å². The Balaban J connectivity index is 1.94. The van der Waals surface area contributed by atoms with E-state index in [0.717, 1.165) is 41.3 Å². The monoisotopic (exact) mass is 413 g/mol. The molecule has 3 rings (SSSR count). The molecule has 29 heavy (non-hydrogen) atoms. The van der Waals surface area contributed by atoms with Gasteiger partial charge in [-0.1, -0.05) is 25.2 Å². The van der Waals surface area contributed by atoms with Gasteiger partial charge >= 0.3 is 0 Å². The highest BCUT2D eigenvalue weighted by Gasteiger charge is 2.22.